The van der Waals surface area contributed by atoms with Crippen molar-refractivity contribution in [2.24, 2.45) is 0 Å². The third kappa shape index (κ3) is 6.47. The monoisotopic (exact) mass is 342 g/mol. The van der Waals surface area contributed by atoms with Gasteiger partial charge in [0.2, 0.25) is 0 Å². The Morgan fingerprint density at radius 3 is 2.28 bits per heavy atom. The molecule has 0 aliphatic carbocycles. The first-order chi connectivity index (χ1) is 12.1. The van der Waals surface area contributed by atoms with E-state index >= 15 is 0 Å². The molecule has 5 heteroatoms. The lowest BCUT2D eigenvalue weighted by atomic mass is 10.1. The first-order valence-electron chi connectivity index (χ1n) is 8.32. The fraction of sp³-hybridized carbons (Fsp3) is 0.350. The molecule has 5 nitrogen and oxygen atoms in total. The molecule has 134 valence electrons. The fourth-order valence-electron chi connectivity index (χ4n) is 2.43. The van der Waals surface area contributed by atoms with E-state index in [4.69, 9.17) is 9.47 Å². The van der Waals surface area contributed by atoms with Gasteiger partial charge in [0, 0.05) is 12.6 Å². The molecule has 0 unspecified atom stereocenters. The van der Waals surface area contributed by atoms with Gasteiger partial charge in [-0.25, -0.2) is 0 Å². The zero-order valence-electron chi connectivity index (χ0n) is 15.1. The molecule has 0 spiro atoms. The number of methoxy groups -OCH3 is 1. The van der Waals surface area contributed by atoms with Crippen molar-refractivity contribution < 1.29 is 14.3 Å². The Bertz CT molecular complexity index is 642. The molecule has 0 aliphatic heterocycles. The Labute approximate surface area is 149 Å². The molecule has 2 rings (SSSR count). The molecular weight excluding hydrogens is 316 g/mol. The van der Waals surface area contributed by atoms with E-state index in [9.17, 15) is 4.79 Å². The highest BCUT2D eigenvalue weighted by atomic mass is 16.5. The summed E-state index contributed by atoms with van der Waals surface area (Å²) in [5.74, 6) is 1.27. The Morgan fingerprint density at radius 2 is 1.68 bits per heavy atom. The molecule has 25 heavy (non-hydrogen) atoms. The summed E-state index contributed by atoms with van der Waals surface area (Å²) < 4.78 is 10.6. The summed E-state index contributed by atoms with van der Waals surface area (Å²) >= 11 is 0. The Kier molecular flexibility index (Phi) is 7.29. The Hall–Kier alpha value is -2.53. The minimum absolute atomic E-state index is 0.00217. The summed E-state index contributed by atoms with van der Waals surface area (Å²) in [6, 6.07) is 17.7. The molecular formula is C20H26N2O3. The van der Waals surface area contributed by atoms with Gasteiger partial charge in [-0.05, 0) is 50.3 Å². The molecule has 2 aromatic rings. The molecule has 1 amide bonds. The lowest BCUT2D eigenvalue weighted by Crippen LogP contribution is -2.42. The van der Waals surface area contributed by atoms with Gasteiger partial charge in [0.15, 0.2) is 6.61 Å². The number of amides is 1. The van der Waals surface area contributed by atoms with Crippen molar-refractivity contribution in [1.82, 2.24) is 10.2 Å². The van der Waals surface area contributed by atoms with Gasteiger partial charge < -0.3 is 19.7 Å². The second-order valence-electron chi connectivity index (χ2n) is 6.08. The van der Waals surface area contributed by atoms with E-state index < -0.39 is 0 Å². The van der Waals surface area contributed by atoms with Crippen molar-refractivity contribution in [3.8, 4) is 11.5 Å². The number of hydrogen-bond acceptors (Lipinski definition) is 4. The number of rotatable bonds is 9. The number of nitrogens with one attached hydrogen (secondary N) is 1. The first-order valence-corrected chi connectivity index (χ1v) is 8.32. The predicted molar refractivity (Wildman–Crippen MR) is 99.1 cm³/mol. The van der Waals surface area contributed by atoms with Crippen LogP contribution >= 0.6 is 0 Å². The molecule has 0 saturated heterocycles. The molecule has 1 N–H and O–H groups in total. The number of benzene rings is 2. The molecule has 0 aromatic heterocycles. The molecule has 0 radical (unpaired) electrons. The van der Waals surface area contributed by atoms with Crippen LogP contribution in [0.5, 0.6) is 11.5 Å². The smallest absolute Gasteiger partial charge is 0.257 e. The third-order valence-electron chi connectivity index (χ3n) is 4.01. The van der Waals surface area contributed by atoms with E-state index in [0.717, 1.165) is 12.2 Å². The van der Waals surface area contributed by atoms with Crippen molar-refractivity contribution in [2.75, 3.05) is 34.4 Å². The van der Waals surface area contributed by atoms with Crippen LogP contribution in [0, 0.1) is 0 Å². The summed E-state index contributed by atoms with van der Waals surface area (Å²) in [6.45, 7) is 0.574. The maximum Gasteiger partial charge on any atom is 0.257 e. The zero-order valence-corrected chi connectivity index (χ0v) is 15.1. The average molecular weight is 342 g/mol. The molecule has 2 aromatic carbocycles. The van der Waals surface area contributed by atoms with Crippen LogP contribution < -0.4 is 14.8 Å². The largest absolute Gasteiger partial charge is 0.497 e. The zero-order chi connectivity index (χ0) is 18.1. The second-order valence-corrected chi connectivity index (χ2v) is 6.08. The first kappa shape index (κ1) is 18.8. The maximum absolute atomic E-state index is 12.0. The Morgan fingerprint density at radius 1 is 1.04 bits per heavy atom. The van der Waals surface area contributed by atoms with Crippen LogP contribution in [-0.4, -0.2) is 51.2 Å². The van der Waals surface area contributed by atoms with Crippen LogP contribution in [0.4, 0.5) is 0 Å². The van der Waals surface area contributed by atoms with Gasteiger partial charge in [-0.1, -0.05) is 30.3 Å². The summed E-state index contributed by atoms with van der Waals surface area (Å²) in [5, 5.41) is 2.95. The topological polar surface area (TPSA) is 50.8 Å². The average Bonchev–Trinajstić information content (AvgIpc) is 2.64. The van der Waals surface area contributed by atoms with Crippen LogP contribution in [0.15, 0.2) is 54.6 Å². The Balaban J connectivity index is 1.78. The van der Waals surface area contributed by atoms with Gasteiger partial charge in [-0.3, -0.25) is 4.79 Å². The SMILES string of the molecule is COc1ccc(OCC(=O)NC[C@@H](Cc2ccccc2)N(C)C)cc1. The summed E-state index contributed by atoms with van der Waals surface area (Å²) in [6.07, 6.45) is 0.882. The third-order valence-corrected chi connectivity index (χ3v) is 4.01. The van der Waals surface area contributed by atoms with Gasteiger partial charge in [-0.2, -0.15) is 0 Å². The van der Waals surface area contributed by atoms with Crippen LogP contribution in [-0.2, 0) is 11.2 Å². The van der Waals surface area contributed by atoms with Crippen molar-refractivity contribution >= 4 is 5.91 Å². The number of ether oxygens (including phenoxy) is 2. The van der Waals surface area contributed by atoms with Crippen molar-refractivity contribution in [3.63, 3.8) is 0 Å². The molecule has 1 atom stereocenters. The van der Waals surface area contributed by atoms with Crippen LogP contribution in [0.2, 0.25) is 0 Å². The number of carbonyl (C=O) groups excluding carboxylic acids is 1. The van der Waals surface area contributed by atoms with E-state index in [0.29, 0.717) is 12.3 Å². The van der Waals surface area contributed by atoms with E-state index in [-0.39, 0.29) is 18.6 Å². The van der Waals surface area contributed by atoms with Crippen molar-refractivity contribution in [3.05, 3.63) is 60.2 Å². The van der Waals surface area contributed by atoms with E-state index in [2.05, 4.69) is 22.3 Å². The highest BCUT2D eigenvalue weighted by molar-refractivity contribution is 5.77. The highest BCUT2D eigenvalue weighted by Crippen LogP contribution is 2.16. The van der Waals surface area contributed by atoms with Gasteiger partial charge in [0.05, 0.1) is 7.11 Å². The highest BCUT2D eigenvalue weighted by Gasteiger charge is 2.14. The fourth-order valence-corrected chi connectivity index (χ4v) is 2.43. The molecule has 0 saturated carbocycles. The van der Waals surface area contributed by atoms with Crippen LogP contribution in [0.25, 0.3) is 0 Å². The van der Waals surface area contributed by atoms with Crippen LogP contribution in [0.3, 0.4) is 0 Å². The van der Waals surface area contributed by atoms with Gasteiger partial charge in [-0.15, -0.1) is 0 Å². The number of hydrogen-bond donors (Lipinski definition) is 1. The normalized spacial score (nSPS) is 11.8. The number of carbonyl (C=O) groups is 1. The predicted octanol–water partition coefficient (Wildman–Crippen LogP) is 2.36. The molecule has 0 fully saturated rings. The second kappa shape index (κ2) is 9.69. The van der Waals surface area contributed by atoms with Gasteiger partial charge in [0.25, 0.3) is 5.91 Å². The van der Waals surface area contributed by atoms with E-state index in [1.807, 2.05) is 32.3 Å². The number of likely N-dealkylation sites (N-methyl/N-ethyl adjacent to an activating group) is 1. The van der Waals surface area contributed by atoms with Gasteiger partial charge in [0.1, 0.15) is 11.5 Å². The van der Waals surface area contributed by atoms with Crippen LogP contribution in [0.1, 0.15) is 5.56 Å². The van der Waals surface area contributed by atoms with E-state index in [1.54, 1.807) is 31.4 Å². The standard InChI is InChI=1S/C20H26N2O3/c1-22(2)17(13-16-7-5-4-6-8-16)14-21-20(23)15-25-19-11-9-18(24-3)10-12-19/h4-12,17H,13-15H2,1-3H3,(H,21,23)/t17-/m1/s1. The minimum Gasteiger partial charge on any atom is -0.497 e. The molecule has 0 bridgehead atoms. The lowest BCUT2D eigenvalue weighted by Gasteiger charge is -2.24. The molecule has 0 aliphatic rings. The summed E-state index contributed by atoms with van der Waals surface area (Å²) in [4.78, 5) is 14.2. The van der Waals surface area contributed by atoms with Crippen molar-refractivity contribution in [2.45, 2.75) is 12.5 Å². The minimum atomic E-state index is -0.129. The molecule has 0 heterocycles. The van der Waals surface area contributed by atoms with Crippen molar-refractivity contribution in [1.29, 1.82) is 0 Å². The summed E-state index contributed by atoms with van der Waals surface area (Å²) in [5.41, 5.74) is 1.25. The maximum atomic E-state index is 12.0. The van der Waals surface area contributed by atoms with E-state index in [1.165, 1.54) is 5.56 Å². The van der Waals surface area contributed by atoms with Gasteiger partial charge >= 0.3 is 0 Å². The number of nitrogens with zero attached hydrogens (tertiary/aromatic N) is 1. The summed E-state index contributed by atoms with van der Waals surface area (Å²) in [7, 11) is 5.65. The quantitative estimate of drug-likeness (QED) is 0.760. The lowest BCUT2D eigenvalue weighted by molar-refractivity contribution is -0.123.